The van der Waals surface area contributed by atoms with Gasteiger partial charge in [0.05, 0.1) is 23.6 Å². The molecule has 6 rings (SSSR count). The SMILES string of the molecule is O=c1[nH][nH]cc2c3nc(C4CCC(OCc5ccccc5)CC4)nc3c3ccc(F)cc3c12. The van der Waals surface area contributed by atoms with Gasteiger partial charge in [-0.05, 0) is 49.4 Å². The van der Waals surface area contributed by atoms with Crippen molar-refractivity contribution in [3.8, 4) is 0 Å². The Morgan fingerprint density at radius 1 is 0.939 bits per heavy atom. The summed E-state index contributed by atoms with van der Waals surface area (Å²) >= 11 is 0. The van der Waals surface area contributed by atoms with Crippen molar-refractivity contribution < 1.29 is 9.13 Å². The molecule has 0 spiro atoms. The number of benzene rings is 3. The summed E-state index contributed by atoms with van der Waals surface area (Å²) in [6, 6.07) is 14.7. The lowest BCUT2D eigenvalue weighted by atomic mass is 9.87. The van der Waals surface area contributed by atoms with Gasteiger partial charge in [-0.3, -0.25) is 9.89 Å². The molecule has 0 aliphatic heterocycles. The number of ether oxygens (including phenoxy) is 1. The van der Waals surface area contributed by atoms with Crippen LogP contribution < -0.4 is 5.56 Å². The smallest absolute Gasteiger partial charge is 0.270 e. The van der Waals surface area contributed by atoms with Gasteiger partial charge in [-0.25, -0.2) is 14.4 Å². The maximum Gasteiger partial charge on any atom is 0.270 e. The van der Waals surface area contributed by atoms with Gasteiger partial charge in [0.1, 0.15) is 17.2 Å². The summed E-state index contributed by atoms with van der Waals surface area (Å²) in [6.07, 6.45) is 5.77. The number of rotatable bonds is 4. The number of hydrogen-bond donors (Lipinski definition) is 2. The van der Waals surface area contributed by atoms with Crippen molar-refractivity contribution in [2.75, 3.05) is 0 Å². The first-order chi connectivity index (χ1) is 16.2. The minimum absolute atomic E-state index is 0.239. The van der Waals surface area contributed by atoms with E-state index in [4.69, 9.17) is 14.7 Å². The highest BCUT2D eigenvalue weighted by molar-refractivity contribution is 6.22. The molecule has 6 nitrogen and oxygen atoms in total. The molecule has 33 heavy (non-hydrogen) atoms. The molecule has 0 amide bonds. The van der Waals surface area contributed by atoms with Gasteiger partial charge in [0.2, 0.25) is 0 Å². The van der Waals surface area contributed by atoms with E-state index in [1.807, 2.05) is 18.2 Å². The van der Waals surface area contributed by atoms with Crippen molar-refractivity contribution in [3.63, 3.8) is 0 Å². The van der Waals surface area contributed by atoms with Crippen LogP contribution in [-0.2, 0) is 11.3 Å². The Balaban J connectivity index is 1.31. The summed E-state index contributed by atoms with van der Waals surface area (Å²) in [4.78, 5) is 22.4. The standard InChI is InChI=1S/C26H23FN4O2/c27-17-8-11-19-20(12-17)22-21(13-28-31-26(22)32)24-23(19)29-25(30-24)16-6-9-18(10-7-16)33-14-15-4-2-1-3-5-15/h1-5,8,11-13,16,18,28H,6-7,9-10,14H2,(H,31,32). The van der Waals surface area contributed by atoms with E-state index >= 15 is 0 Å². The van der Waals surface area contributed by atoms with Gasteiger partial charge in [0.15, 0.2) is 0 Å². The Labute approximate surface area is 188 Å². The molecular weight excluding hydrogens is 419 g/mol. The summed E-state index contributed by atoms with van der Waals surface area (Å²) < 4.78 is 20.2. The van der Waals surface area contributed by atoms with E-state index in [0.717, 1.165) is 36.9 Å². The number of H-pyrrole nitrogens is 2. The molecule has 2 aromatic heterocycles. The normalized spacial score (nSPS) is 18.9. The van der Waals surface area contributed by atoms with Crippen LogP contribution in [0, 0.1) is 5.82 Å². The quantitative estimate of drug-likeness (QED) is 0.368. The second-order valence-electron chi connectivity index (χ2n) is 8.77. The summed E-state index contributed by atoms with van der Waals surface area (Å²) in [7, 11) is 0. The topological polar surface area (TPSA) is 83.7 Å². The minimum atomic E-state index is -0.385. The molecule has 2 heterocycles. The van der Waals surface area contributed by atoms with E-state index in [9.17, 15) is 9.18 Å². The van der Waals surface area contributed by atoms with E-state index in [1.54, 1.807) is 12.3 Å². The van der Waals surface area contributed by atoms with Crippen LogP contribution in [0.5, 0.6) is 0 Å². The van der Waals surface area contributed by atoms with E-state index in [2.05, 4.69) is 22.3 Å². The van der Waals surface area contributed by atoms with Crippen LogP contribution in [0.4, 0.5) is 4.39 Å². The van der Waals surface area contributed by atoms with Crippen molar-refractivity contribution in [1.29, 1.82) is 0 Å². The molecule has 0 radical (unpaired) electrons. The number of nitrogens with zero attached hydrogens (tertiary/aromatic N) is 2. The average molecular weight is 442 g/mol. The van der Waals surface area contributed by atoms with Crippen LogP contribution in [0.2, 0.25) is 0 Å². The predicted octanol–water partition coefficient (Wildman–Crippen LogP) is 5.33. The highest BCUT2D eigenvalue weighted by Gasteiger charge is 2.27. The highest BCUT2D eigenvalue weighted by Crippen LogP contribution is 2.37. The molecule has 166 valence electrons. The molecule has 7 heteroatoms. The molecule has 1 fully saturated rings. The maximum atomic E-state index is 14.0. The van der Waals surface area contributed by atoms with Gasteiger partial charge in [-0.2, -0.15) is 0 Å². The van der Waals surface area contributed by atoms with Gasteiger partial charge in [0.25, 0.3) is 5.56 Å². The number of aromatic nitrogens is 4. The van der Waals surface area contributed by atoms with Gasteiger partial charge >= 0.3 is 0 Å². The zero-order chi connectivity index (χ0) is 22.4. The molecule has 0 atom stereocenters. The molecule has 1 saturated carbocycles. The molecule has 1 aliphatic rings. The third-order valence-electron chi connectivity index (χ3n) is 6.70. The predicted molar refractivity (Wildman–Crippen MR) is 126 cm³/mol. The lowest BCUT2D eigenvalue weighted by Crippen LogP contribution is -2.21. The number of imidazole rings is 1. The number of nitrogens with one attached hydrogen (secondary N) is 2. The van der Waals surface area contributed by atoms with Crippen LogP contribution in [0.25, 0.3) is 32.6 Å². The molecular formula is C26H23FN4O2. The number of fused-ring (bicyclic) bond motifs is 6. The van der Waals surface area contributed by atoms with Gasteiger partial charge in [0, 0.05) is 28.3 Å². The van der Waals surface area contributed by atoms with Crippen LogP contribution >= 0.6 is 0 Å². The Kier molecular flexibility index (Phi) is 4.91. The summed E-state index contributed by atoms with van der Waals surface area (Å²) in [6.45, 7) is 0.631. The van der Waals surface area contributed by atoms with Crippen LogP contribution in [0.15, 0.2) is 59.5 Å². The van der Waals surface area contributed by atoms with Crippen LogP contribution in [-0.4, -0.2) is 26.3 Å². The molecule has 0 bridgehead atoms. The maximum absolute atomic E-state index is 14.0. The fourth-order valence-corrected chi connectivity index (χ4v) is 5.01. The zero-order valence-corrected chi connectivity index (χ0v) is 18.0. The number of halogens is 1. The molecule has 3 aromatic carbocycles. The van der Waals surface area contributed by atoms with Crippen molar-refractivity contribution in [3.05, 3.63) is 82.3 Å². The molecule has 0 unspecified atom stereocenters. The van der Waals surface area contributed by atoms with Crippen molar-refractivity contribution >= 4 is 32.6 Å². The summed E-state index contributed by atoms with van der Waals surface area (Å²) in [5, 5.41) is 7.75. The molecule has 5 aromatic rings. The Hall–Kier alpha value is -3.58. The Morgan fingerprint density at radius 2 is 1.70 bits per heavy atom. The number of aromatic amines is 2. The van der Waals surface area contributed by atoms with Gasteiger partial charge < -0.3 is 9.84 Å². The van der Waals surface area contributed by atoms with Crippen molar-refractivity contribution in [2.45, 2.75) is 44.3 Å². The lowest BCUT2D eigenvalue weighted by Gasteiger charge is -2.27. The second kappa shape index (κ2) is 8.08. The average Bonchev–Trinajstić information content (AvgIpc) is 3.29. The monoisotopic (exact) mass is 442 g/mol. The van der Waals surface area contributed by atoms with Gasteiger partial charge in [-0.1, -0.05) is 30.3 Å². The van der Waals surface area contributed by atoms with Crippen LogP contribution in [0.1, 0.15) is 43.0 Å². The van der Waals surface area contributed by atoms with E-state index in [-0.39, 0.29) is 23.4 Å². The van der Waals surface area contributed by atoms with E-state index < -0.39 is 0 Å². The number of hydrogen-bond acceptors (Lipinski definition) is 4. The largest absolute Gasteiger partial charge is 0.374 e. The Morgan fingerprint density at radius 3 is 2.48 bits per heavy atom. The van der Waals surface area contributed by atoms with Crippen LogP contribution in [0.3, 0.4) is 0 Å². The first-order valence-corrected chi connectivity index (χ1v) is 11.3. The van der Waals surface area contributed by atoms with E-state index in [0.29, 0.717) is 33.8 Å². The lowest BCUT2D eigenvalue weighted by molar-refractivity contribution is 0.0129. The molecule has 2 N–H and O–H groups in total. The minimum Gasteiger partial charge on any atom is -0.374 e. The van der Waals surface area contributed by atoms with Crippen molar-refractivity contribution in [1.82, 2.24) is 20.2 Å². The second-order valence-corrected chi connectivity index (χ2v) is 8.77. The molecule has 1 aliphatic carbocycles. The highest BCUT2D eigenvalue weighted by atomic mass is 19.1. The first kappa shape index (κ1) is 20.1. The summed E-state index contributed by atoms with van der Waals surface area (Å²) in [5.41, 5.74) is 2.29. The van der Waals surface area contributed by atoms with Crippen molar-refractivity contribution in [2.24, 2.45) is 0 Å². The summed E-state index contributed by atoms with van der Waals surface area (Å²) in [5.74, 6) is 0.652. The first-order valence-electron chi connectivity index (χ1n) is 11.3. The fourth-order valence-electron chi connectivity index (χ4n) is 5.01. The Bertz CT molecular complexity index is 1520. The molecule has 0 saturated heterocycles. The zero-order valence-electron chi connectivity index (χ0n) is 18.0. The van der Waals surface area contributed by atoms with E-state index in [1.165, 1.54) is 17.7 Å². The third kappa shape index (κ3) is 3.58. The fraction of sp³-hybridized carbons (Fsp3) is 0.269. The third-order valence-corrected chi connectivity index (χ3v) is 6.70. The van der Waals surface area contributed by atoms with Gasteiger partial charge in [-0.15, -0.1) is 0 Å².